The van der Waals surface area contributed by atoms with Gasteiger partial charge in [-0.05, 0) is 52.5 Å². The van der Waals surface area contributed by atoms with E-state index in [0.29, 0.717) is 25.8 Å². The van der Waals surface area contributed by atoms with Gasteiger partial charge < -0.3 is 26.2 Å². The molecule has 0 radical (unpaired) electrons. The molecule has 3 atom stereocenters. The Hall–Kier alpha value is -2.82. The molecule has 0 aliphatic carbocycles. The number of amides is 2. The first-order chi connectivity index (χ1) is 16.0. The molecule has 11 nitrogen and oxygen atoms in total. The standard InChI is InChI=1S/C23H39N3O8/c1-4-7-17(28)14-16(22(31)32)9-11-21(30)26-19(23(33)34)10-12-20(29)25-13-6-5-8-18(24-3)15(2)27/h16,18-19,24H,4-14H2,1-3H3,(H,25,29)(H,26,30)(H,31,32)(H,33,34). The lowest BCUT2D eigenvalue weighted by atomic mass is 9.95. The van der Waals surface area contributed by atoms with E-state index in [-0.39, 0.29) is 62.0 Å². The number of Topliss-reactive ketones (excluding diaryl/α,β-unsaturated/α-hetero) is 2. The van der Waals surface area contributed by atoms with Crippen LogP contribution in [-0.2, 0) is 28.8 Å². The van der Waals surface area contributed by atoms with E-state index in [1.807, 2.05) is 6.92 Å². The maximum absolute atomic E-state index is 12.1. The predicted octanol–water partition coefficient (Wildman–Crippen LogP) is 1.04. The lowest BCUT2D eigenvalue weighted by Gasteiger charge is -2.16. The smallest absolute Gasteiger partial charge is 0.326 e. The summed E-state index contributed by atoms with van der Waals surface area (Å²) in [4.78, 5) is 69.9. The van der Waals surface area contributed by atoms with Gasteiger partial charge in [0.2, 0.25) is 11.8 Å². The molecule has 0 aliphatic heterocycles. The van der Waals surface area contributed by atoms with Crippen LogP contribution in [0.2, 0.25) is 0 Å². The van der Waals surface area contributed by atoms with Crippen LogP contribution in [0.1, 0.15) is 78.1 Å². The van der Waals surface area contributed by atoms with Gasteiger partial charge in [-0.25, -0.2) is 4.79 Å². The van der Waals surface area contributed by atoms with E-state index in [0.717, 1.165) is 6.42 Å². The first-order valence-electron chi connectivity index (χ1n) is 11.7. The minimum atomic E-state index is -1.30. The van der Waals surface area contributed by atoms with Crippen LogP contribution in [0.25, 0.3) is 0 Å². The average Bonchev–Trinajstić information content (AvgIpc) is 2.75. The Morgan fingerprint density at radius 1 is 0.794 bits per heavy atom. The summed E-state index contributed by atoms with van der Waals surface area (Å²) in [6.07, 6.45) is 2.24. The van der Waals surface area contributed by atoms with Gasteiger partial charge in [-0.15, -0.1) is 0 Å². The number of hydrogen-bond acceptors (Lipinski definition) is 7. The molecule has 11 heteroatoms. The summed E-state index contributed by atoms with van der Waals surface area (Å²) in [7, 11) is 1.71. The Morgan fingerprint density at radius 2 is 1.44 bits per heavy atom. The van der Waals surface area contributed by atoms with Gasteiger partial charge in [-0.2, -0.15) is 0 Å². The van der Waals surface area contributed by atoms with Gasteiger partial charge in [0.25, 0.3) is 0 Å². The predicted molar refractivity (Wildman–Crippen MR) is 124 cm³/mol. The molecule has 0 aliphatic rings. The van der Waals surface area contributed by atoms with E-state index >= 15 is 0 Å². The second-order valence-electron chi connectivity index (χ2n) is 8.36. The quantitative estimate of drug-likeness (QED) is 0.157. The molecule has 5 N–H and O–H groups in total. The maximum Gasteiger partial charge on any atom is 0.326 e. The third-order valence-corrected chi connectivity index (χ3v) is 5.45. The van der Waals surface area contributed by atoms with Crippen molar-refractivity contribution in [1.82, 2.24) is 16.0 Å². The number of carbonyl (C=O) groups excluding carboxylic acids is 4. The number of nitrogens with one attached hydrogen (secondary N) is 3. The molecular weight excluding hydrogens is 446 g/mol. The molecule has 3 unspecified atom stereocenters. The Labute approximate surface area is 200 Å². The molecule has 0 heterocycles. The van der Waals surface area contributed by atoms with E-state index in [1.165, 1.54) is 6.92 Å². The first-order valence-corrected chi connectivity index (χ1v) is 11.7. The molecule has 2 amide bonds. The van der Waals surface area contributed by atoms with Gasteiger partial charge in [0.15, 0.2) is 0 Å². The first kappa shape index (κ1) is 31.2. The van der Waals surface area contributed by atoms with E-state index in [1.54, 1.807) is 7.05 Å². The number of carboxylic acids is 2. The molecule has 0 aromatic heterocycles. The van der Waals surface area contributed by atoms with Crippen LogP contribution in [0, 0.1) is 5.92 Å². The van der Waals surface area contributed by atoms with Crippen LogP contribution in [0.5, 0.6) is 0 Å². The van der Waals surface area contributed by atoms with E-state index < -0.39 is 29.8 Å². The van der Waals surface area contributed by atoms with Crippen molar-refractivity contribution >= 4 is 35.3 Å². The summed E-state index contributed by atoms with van der Waals surface area (Å²) in [5.74, 6) is -4.60. The number of aliphatic carboxylic acids is 2. The van der Waals surface area contributed by atoms with Crippen molar-refractivity contribution in [3.05, 3.63) is 0 Å². The summed E-state index contributed by atoms with van der Waals surface area (Å²) in [6, 6.07) is -1.49. The van der Waals surface area contributed by atoms with Crippen LogP contribution in [0.4, 0.5) is 0 Å². The van der Waals surface area contributed by atoms with Crippen molar-refractivity contribution in [3.63, 3.8) is 0 Å². The van der Waals surface area contributed by atoms with Crippen molar-refractivity contribution in [2.24, 2.45) is 5.92 Å². The van der Waals surface area contributed by atoms with Crippen LogP contribution in [0.3, 0.4) is 0 Å². The Kier molecular flexibility index (Phi) is 16.2. The second kappa shape index (κ2) is 17.6. The highest BCUT2D eigenvalue weighted by atomic mass is 16.4. The van der Waals surface area contributed by atoms with Crippen molar-refractivity contribution < 1.29 is 39.0 Å². The molecule has 0 aromatic rings. The number of carbonyl (C=O) groups is 6. The fourth-order valence-electron chi connectivity index (χ4n) is 3.41. The number of unbranched alkanes of at least 4 members (excludes halogenated alkanes) is 1. The molecule has 0 saturated heterocycles. The van der Waals surface area contributed by atoms with Gasteiger partial charge in [-0.1, -0.05) is 6.92 Å². The Balaban J connectivity index is 4.39. The molecule has 194 valence electrons. The summed E-state index contributed by atoms with van der Waals surface area (Å²) in [5, 5.41) is 26.5. The van der Waals surface area contributed by atoms with Gasteiger partial charge in [0, 0.05) is 32.2 Å². The normalized spacial score (nSPS) is 13.4. The number of carboxylic acid groups (broad SMARTS) is 2. The number of ketones is 2. The Morgan fingerprint density at radius 3 is 1.97 bits per heavy atom. The van der Waals surface area contributed by atoms with E-state index in [9.17, 15) is 39.0 Å². The summed E-state index contributed by atoms with van der Waals surface area (Å²) in [5.41, 5.74) is 0. The third kappa shape index (κ3) is 14.4. The largest absolute Gasteiger partial charge is 0.481 e. The highest BCUT2D eigenvalue weighted by Crippen LogP contribution is 2.14. The van der Waals surface area contributed by atoms with Gasteiger partial charge in [-0.3, -0.25) is 24.0 Å². The zero-order valence-electron chi connectivity index (χ0n) is 20.4. The SMILES string of the molecule is CCCC(=O)CC(CCC(=O)NC(CCC(=O)NCCCCC(NC)C(C)=O)C(=O)O)C(=O)O. The average molecular weight is 486 g/mol. The van der Waals surface area contributed by atoms with Crippen molar-refractivity contribution in [2.45, 2.75) is 90.1 Å². The lowest BCUT2D eigenvalue weighted by molar-refractivity contribution is -0.145. The molecular formula is C23H39N3O8. The van der Waals surface area contributed by atoms with Crippen LogP contribution < -0.4 is 16.0 Å². The molecule has 0 bridgehead atoms. The van der Waals surface area contributed by atoms with Crippen LogP contribution in [0.15, 0.2) is 0 Å². The zero-order valence-corrected chi connectivity index (χ0v) is 20.4. The summed E-state index contributed by atoms with van der Waals surface area (Å²) < 4.78 is 0. The second-order valence-corrected chi connectivity index (χ2v) is 8.36. The summed E-state index contributed by atoms with van der Waals surface area (Å²) >= 11 is 0. The van der Waals surface area contributed by atoms with Gasteiger partial charge in [0.05, 0.1) is 12.0 Å². The van der Waals surface area contributed by atoms with Crippen LogP contribution >= 0.6 is 0 Å². The van der Waals surface area contributed by atoms with Crippen molar-refractivity contribution in [2.75, 3.05) is 13.6 Å². The minimum absolute atomic E-state index is 0.0526. The molecule has 0 aromatic carbocycles. The van der Waals surface area contributed by atoms with E-state index in [4.69, 9.17) is 0 Å². The molecule has 0 rings (SSSR count). The number of rotatable bonds is 20. The highest BCUT2D eigenvalue weighted by Gasteiger charge is 2.24. The minimum Gasteiger partial charge on any atom is -0.481 e. The third-order valence-electron chi connectivity index (χ3n) is 5.45. The zero-order chi connectivity index (χ0) is 26.1. The van der Waals surface area contributed by atoms with Gasteiger partial charge in [0.1, 0.15) is 17.6 Å². The monoisotopic (exact) mass is 485 g/mol. The van der Waals surface area contributed by atoms with Gasteiger partial charge >= 0.3 is 11.9 Å². The summed E-state index contributed by atoms with van der Waals surface area (Å²) in [6.45, 7) is 3.72. The van der Waals surface area contributed by atoms with Crippen molar-refractivity contribution in [1.29, 1.82) is 0 Å². The van der Waals surface area contributed by atoms with Crippen molar-refractivity contribution in [3.8, 4) is 0 Å². The fourth-order valence-corrected chi connectivity index (χ4v) is 3.41. The Bertz CT molecular complexity index is 710. The highest BCUT2D eigenvalue weighted by molar-refractivity contribution is 5.86. The fraction of sp³-hybridized carbons (Fsp3) is 0.739. The molecule has 0 spiro atoms. The topological polar surface area (TPSA) is 179 Å². The van der Waals surface area contributed by atoms with Crippen LogP contribution in [-0.4, -0.2) is 71.2 Å². The number of likely N-dealkylation sites (N-methyl/N-ethyl adjacent to an activating group) is 1. The number of hydrogen-bond donors (Lipinski definition) is 5. The molecule has 0 fully saturated rings. The molecule has 34 heavy (non-hydrogen) atoms. The lowest BCUT2D eigenvalue weighted by Crippen LogP contribution is -2.42. The maximum atomic E-state index is 12.1. The van der Waals surface area contributed by atoms with E-state index in [2.05, 4.69) is 16.0 Å². The molecule has 0 saturated carbocycles.